The van der Waals surface area contributed by atoms with Crippen molar-refractivity contribution in [2.24, 2.45) is 0 Å². The molecule has 3 heterocycles. The molecule has 186 valence electrons. The predicted octanol–water partition coefficient (Wildman–Crippen LogP) is 7.08. The Morgan fingerprint density at radius 3 is 2.53 bits per heavy atom. The van der Waals surface area contributed by atoms with Gasteiger partial charge in [0, 0.05) is 17.6 Å². The monoisotopic (exact) mass is 486 g/mol. The Labute approximate surface area is 210 Å². The minimum absolute atomic E-state index is 0.163. The van der Waals surface area contributed by atoms with Crippen molar-refractivity contribution < 1.29 is 28.2 Å². The summed E-state index contributed by atoms with van der Waals surface area (Å²) in [5, 5.41) is 0. The summed E-state index contributed by atoms with van der Waals surface area (Å²) in [6.07, 6.45) is 10.6. The van der Waals surface area contributed by atoms with Gasteiger partial charge in [0.25, 0.3) is 0 Å². The van der Waals surface area contributed by atoms with Crippen molar-refractivity contribution in [1.29, 1.82) is 0 Å². The molecule has 2 aliphatic rings. The third kappa shape index (κ3) is 5.08. The van der Waals surface area contributed by atoms with E-state index in [-0.39, 0.29) is 29.9 Å². The SMILES string of the molecule is CCCCCCCCOc1ccc([C@H]2CC(=O)Oc3ccc4c(c32)O/C(=C\c2ccco2)C4=O)cc1. The van der Waals surface area contributed by atoms with E-state index in [1.165, 1.54) is 38.4 Å². The van der Waals surface area contributed by atoms with Crippen LogP contribution < -0.4 is 14.2 Å². The molecular formula is C30H30O6. The van der Waals surface area contributed by atoms with Crippen LogP contribution in [0.2, 0.25) is 0 Å². The quantitative estimate of drug-likeness (QED) is 0.132. The molecule has 0 spiro atoms. The number of carbonyl (C=O) groups is 2. The standard InChI is InChI=1S/C30H30O6/c1-2-3-4-5-6-7-16-33-21-12-10-20(11-13-21)24-19-27(31)35-25-15-14-23-29(32)26(36-30(23)28(24)25)18-22-9-8-17-34-22/h8-15,17-18,24H,2-7,16,19H2,1H3/b26-18-/t24-/m1/s1. The lowest BCUT2D eigenvalue weighted by atomic mass is 9.84. The van der Waals surface area contributed by atoms with Crippen LogP contribution in [0.5, 0.6) is 17.2 Å². The van der Waals surface area contributed by atoms with Crippen molar-refractivity contribution >= 4 is 17.8 Å². The van der Waals surface area contributed by atoms with Crippen LogP contribution >= 0.6 is 0 Å². The van der Waals surface area contributed by atoms with Crippen molar-refractivity contribution in [1.82, 2.24) is 0 Å². The molecule has 0 unspecified atom stereocenters. The normalized spacial score (nSPS) is 17.5. The van der Waals surface area contributed by atoms with Crippen LogP contribution in [0, 0.1) is 0 Å². The van der Waals surface area contributed by atoms with Crippen molar-refractivity contribution in [2.45, 2.75) is 57.8 Å². The van der Waals surface area contributed by atoms with E-state index >= 15 is 0 Å². The maximum absolute atomic E-state index is 13.0. The highest BCUT2D eigenvalue weighted by molar-refractivity contribution is 6.15. The zero-order valence-electron chi connectivity index (χ0n) is 20.5. The Bertz CT molecular complexity index is 1250. The van der Waals surface area contributed by atoms with Crippen LogP contribution in [-0.4, -0.2) is 18.4 Å². The first-order valence-electron chi connectivity index (χ1n) is 12.7. The number of rotatable bonds is 10. The summed E-state index contributed by atoms with van der Waals surface area (Å²) >= 11 is 0. The van der Waals surface area contributed by atoms with Gasteiger partial charge in [0.2, 0.25) is 5.78 Å². The molecule has 0 saturated carbocycles. The smallest absolute Gasteiger partial charge is 0.312 e. The summed E-state index contributed by atoms with van der Waals surface area (Å²) in [5.74, 6) is 1.55. The molecular weight excluding hydrogens is 456 g/mol. The van der Waals surface area contributed by atoms with E-state index in [0.717, 1.165) is 17.7 Å². The highest BCUT2D eigenvalue weighted by Crippen LogP contribution is 2.49. The molecule has 0 N–H and O–H groups in total. The molecule has 6 nitrogen and oxygen atoms in total. The van der Waals surface area contributed by atoms with E-state index in [0.29, 0.717) is 35.0 Å². The number of carbonyl (C=O) groups excluding carboxylic acids is 2. The molecule has 1 aromatic heterocycles. The Balaban J connectivity index is 1.33. The second kappa shape index (κ2) is 10.9. The highest BCUT2D eigenvalue weighted by atomic mass is 16.5. The van der Waals surface area contributed by atoms with E-state index in [9.17, 15) is 9.59 Å². The molecule has 0 saturated heterocycles. The lowest BCUT2D eigenvalue weighted by Crippen LogP contribution is -2.21. The first kappa shape index (κ1) is 23.9. The molecule has 2 aliphatic heterocycles. The fourth-order valence-electron chi connectivity index (χ4n) is 4.76. The van der Waals surface area contributed by atoms with Gasteiger partial charge in [-0.3, -0.25) is 9.59 Å². The molecule has 2 aromatic carbocycles. The molecule has 0 radical (unpaired) electrons. The third-order valence-corrected chi connectivity index (χ3v) is 6.65. The minimum Gasteiger partial charge on any atom is -0.494 e. The summed E-state index contributed by atoms with van der Waals surface area (Å²) in [4.78, 5) is 25.4. The molecule has 5 rings (SSSR count). The Kier molecular flexibility index (Phi) is 7.21. The number of Topliss-reactive ketones (excluding diaryl/α,β-unsaturated/α-hetero) is 1. The second-order valence-electron chi connectivity index (χ2n) is 9.23. The lowest BCUT2D eigenvalue weighted by molar-refractivity contribution is -0.135. The van der Waals surface area contributed by atoms with E-state index in [1.807, 2.05) is 24.3 Å². The van der Waals surface area contributed by atoms with Crippen LogP contribution in [0.1, 0.15) is 85.0 Å². The Hall–Kier alpha value is -3.80. The maximum Gasteiger partial charge on any atom is 0.312 e. The van der Waals surface area contributed by atoms with Crippen LogP contribution in [0.25, 0.3) is 6.08 Å². The van der Waals surface area contributed by atoms with Crippen molar-refractivity contribution in [3.63, 3.8) is 0 Å². The van der Waals surface area contributed by atoms with Crippen LogP contribution in [-0.2, 0) is 4.79 Å². The van der Waals surface area contributed by atoms with Gasteiger partial charge in [-0.05, 0) is 48.4 Å². The number of hydrogen-bond donors (Lipinski definition) is 0. The second-order valence-corrected chi connectivity index (χ2v) is 9.23. The summed E-state index contributed by atoms with van der Waals surface area (Å²) < 4.78 is 22.8. The molecule has 36 heavy (non-hydrogen) atoms. The zero-order chi connectivity index (χ0) is 24.9. The van der Waals surface area contributed by atoms with E-state index in [2.05, 4.69) is 6.92 Å². The van der Waals surface area contributed by atoms with E-state index in [1.54, 1.807) is 30.3 Å². The average Bonchev–Trinajstić information content (AvgIpc) is 3.51. The van der Waals surface area contributed by atoms with Gasteiger partial charge < -0.3 is 18.6 Å². The summed E-state index contributed by atoms with van der Waals surface area (Å²) in [5.41, 5.74) is 2.10. The van der Waals surface area contributed by atoms with Crippen LogP contribution in [0.4, 0.5) is 0 Å². The zero-order valence-corrected chi connectivity index (χ0v) is 20.5. The first-order valence-corrected chi connectivity index (χ1v) is 12.7. The topological polar surface area (TPSA) is 75.0 Å². The van der Waals surface area contributed by atoms with Gasteiger partial charge in [-0.2, -0.15) is 0 Å². The number of allylic oxidation sites excluding steroid dienone is 1. The summed E-state index contributed by atoms with van der Waals surface area (Å²) in [6.45, 7) is 2.91. The van der Waals surface area contributed by atoms with Gasteiger partial charge in [0.05, 0.1) is 24.9 Å². The summed E-state index contributed by atoms with van der Waals surface area (Å²) in [7, 11) is 0. The highest BCUT2D eigenvalue weighted by Gasteiger charge is 2.38. The van der Waals surface area contributed by atoms with Crippen LogP contribution in [0.15, 0.2) is 65.0 Å². The van der Waals surface area contributed by atoms with Gasteiger partial charge in [-0.25, -0.2) is 0 Å². The van der Waals surface area contributed by atoms with Gasteiger partial charge in [-0.15, -0.1) is 0 Å². The number of hydrogen-bond acceptors (Lipinski definition) is 6. The summed E-state index contributed by atoms with van der Waals surface area (Å²) in [6, 6.07) is 14.6. The van der Waals surface area contributed by atoms with E-state index < -0.39 is 0 Å². The molecule has 0 bridgehead atoms. The number of furan rings is 1. The van der Waals surface area contributed by atoms with Gasteiger partial charge in [0.1, 0.15) is 23.0 Å². The third-order valence-electron chi connectivity index (χ3n) is 6.65. The van der Waals surface area contributed by atoms with Crippen LogP contribution in [0.3, 0.4) is 0 Å². The molecule has 0 fully saturated rings. The number of benzene rings is 2. The largest absolute Gasteiger partial charge is 0.494 e. The molecule has 0 amide bonds. The Morgan fingerprint density at radius 2 is 1.75 bits per heavy atom. The first-order chi connectivity index (χ1) is 17.6. The predicted molar refractivity (Wildman–Crippen MR) is 135 cm³/mol. The van der Waals surface area contributed by atoms with Crippen molar-refractivity contribution in [2.75, 3.05) is 6.61 Å². The molecule has 1 atom stereocenters. The number of unbranched alkanes of at least 4 members (excludes halogenated alkanes) is 5. The molecule has 0 aliphatic carbocycles. The van der Waals surface area contributed by atoms with Gasteiger partial charge >= 0.3 is 5.97 Å². The minimum atomic E-state index is -0.313. The number of ether oxygens (including phenoxy) is 3. The Morgan fingerprint density at radius 1 is 0.944 bits per heavy atom. The fourth-order valence-corrected chi connectivity index (χ4v) is 4.76. The number of ketones is 1. The average molecular weight is 487 g/mol. The fraction of sp³-hybridized carbons (Fsp3) is 0.333. The lowest BCUT2D eigenvalue weighted by Gasteiger charge is -2.26. The number of esters is 1. The van der Waals surface area contributed by atoms with Crippen molar-refractivity contribution in [3.05, 3.63) is 83.0 Å². The van der Waals surface area contributed by atoms with Gasteiger partial charge in [-0.1, -0.05) is 51.2 Å². The van der Waals surface area contributed by atoms with Gasteiger partial charge in [0.15, 0.2) is 5.76 Å². The molecule has 3 aromatic rings. The van der Waals surface area contributed by atoms with E-state index in [4.69, 9.17) is 18.6 Å². The number of fused-ring (bicyclic) bond motifs is 3. The molecule has 6 heteroatoms. The van der Waals surface area contributed by atoms with Crippen molar-refractivity contribution in [3.8, 4) is 17.2 Å². The maximum atomic E-state index is 13.0.